The van der Waals surface area contributed by atoms with Crippen molar-refractivity contribution in [3.63, 3.8) is 0 Å². The van der Waals surface area contributed by atoms with Crippen LogP contribution >= 0.6 is 11.6 Å². The molecular formula is C10H14ClNO3. The quantitative estimate of drug-likeness (QED) is 0.837. The van der Waals surface area contributed by atoms with Crippen LogP contribution in [0.3, 0.4) is 0 Å². The van der Waals surface area contributed by atoms with E-state index in [0.29, 0.717) is 23.1 Å². The SMILES string of the molecule is COCC(C)Oc1cc(CO)c(Cl)cn1. The number of methoxy groups -OCH3 is 1. The van der Waals surface area contributed by atoms with E-state index in [0.717, 1.165) is 0 Å². The van der Waals surface area contributed by atoms with Crippen LogP contribution in [0, 0.1) is 0 Å². The molecule has 1 aromatic rings. The van der Waals surface area contributed by atoms with E-state index in [1.165, 1.54) is 6.20 Å². The molecule has 0 aliphatic heterocycles. The predicted octanol–water partition coefficient (Wildman–Crippen LogP) is 1.64. The van der Waals surface area contributed by atoms with Crippen LogP contribution in [0.1, 0.15) is 12.5 Å². The highest BCUT2D eigenvalue weighted by atomic mass is 35.5. The highest BCUT2D eigenvalue weighted by Gasteiger charge is 2.07. The third-order valence-corrected chi connectivity index (χ3v) is 2.14. The Hall–Kier alpha value is -0.840. The molecule has 1 heterocycles. The van der Waals surface area contributed by atoms with Crippen LogP contribution in [0.15, 0.2) is 12.3 Å². The van der Waals surface area contributed by atoms with Gasteiger partial charge in [0.05, 0.1) is 18.2 Å². The van der Waals surface area contributed by atoms with Crippen LogP contribution in [-0.2, 0) is 11.3 Å². The van der Waals surface area contributed by atoms with Gasteiger partial charge in [0.15, 0.2) is 0 Å². The molecule has 0 saturated heterocycles. The first-order valence-corrected chi connectivity index (χ1v) is 4.96. The van der Waals surface area contributed by atoms with E-state index >= 15 is 0 Å². The molecule has 84 valence electrons. The molecule has 1 unspecified atom stereocenters. The second kappa shape index (κ2) is 5.90. The van der Waals surface area contributed by atoms with Crippen LogP contribution in [0.4, 0.5) is 0 Å². The van der Waals surface area contributed by atoms with Gasteiger partial charge in [-0.25, -0.2) is 4.98 Å². The van der Waals surface area contributed by atoms with Crippen molar-refractivity contribution in [1.82, 2.24) is 4.98 Å². The molecular weight excluding hydrogens is 218 g/mol. The maximum absolute atomic E-state index is 8.99. The number of hydrogen-bond acceptors (Lipinski definition) is 4. The first-order valence-electron chi connectivity index (χ1n) is 4.58. The molecule has 0 radical (unpaired) electrons. The summed E-state index contributed by atoms with van der Waals surface area (Å²) < 4.78 is 10.4. The van der Waals surface area contributed by atoms with Gasteiger partial charge in [0, 0.05) is 24.9 Å². The van der Waals surface area contributed by atoms with E-state index < -0.39 is 0 Å². The van der Waals surface area contributed by atoms with E-state index in [1.54, 1.807) is 13.2 Å². The lowest BCUT2D eigenvalue weighted by Gasteiger charge is -2.13. The first kappa shape index (κ1) is 12.2. The van der Waals surface area contributed by atoms with E-state index in [9.17, 15) is 0 Å². The largest absolute Gasteiger partial charge is 0.472 e. The van der Waals surface area contributed by atoms with E-state index in [1.807, 2.05) is 6.92 Å². The molecule has 0 aromatic carbocycles. The minimum Gasteiger partial charge on any atom is -0.472 e. The summed E-state index contributed by atoms with van der Waals surface area (Å²) in [5, 5.41) is 9.42. The fourth-order valence-electron chi connectivity index (χ4n) is 1.12. The third kappa shape index (κ3) is 3.66. The minimum absolute atomic E-state index is 0.0878. The Bertz CT molecular complexity index is 320. The van der Waals surface area contributed by atoms with Crippen LogP contribution in [0.2, 0.25) is 5.02 Å². The van der Waals surface area contributed by atoms with Crippen molar-refractivity contribution in [3.05, 3.63) is 22.8 Å². The second-order valence-electron chi connectivity index (χ2n) is 3.16. The lowest BCUT2D eigenvalue weighted by molar-refractivity contribution is 0.0888. The lowest BCUT2D eigenvalue weighted by atomic mass is 10.3. The summed E-state index contributed by atoms with van der Waals surface area (Å²) in [7, 11) is 1.61. The normalized spacial score (nSPS) is 12.5. The van der Waals surface area contributed by atoms with Crippen molar-refractivity contribution >= 4 is 11.6 Å². The number of hydrogen-bond donors (Lipinski definition) is 1. The molecule has 0 amide bonds. The Kier molecular flexibility index (Phi) is 4.81. The number of nitrogens with zero attached hydrogens (tertiary/aromatic N) is 1. The fraction of sp³-hybridized carbons (Fsp3) is 0.500. The molecule has 0 spiro atoms. The van der Waals surface area contributed by atoms with Gasteiger partial charge in [-0.1, -0.05) is 11.6 Å². The van der Waals surface area contributed by atoms with Crippen LogP contribution in [-0.4, -0.2) is 29.9 Å². The molecule has 1 N–H and O–H groups in total. The van der Waals surface area contributed by atoms with Gasteiger partial charge in [-0.3, -0.25) is 0 Å². The second-order valence-corrected chi connectivity index (χ2v) is 3.56. The molecule has 0 aliphatic carbocycles. The maximum Gasteiger partial charge on any atom is 0.213 e. The molecule has 0 bridgehead atoms. The molecule has 0 aliphatic rings. The van der Waals surface area contributed by atoms with Crippen molar-refractivity contribution in [1.29, 1.82) is 0 Å². The van der Waals surface area contributed by atoms with Gasteiger partial charge in [0.1, 0.15) is 6.10 Å². The number of halogens is 1. The summed E-state index contributed by atoms with van der Waals surface area (Å²) in [4.78, 5) is 3.99. The monoisotopic (exact) mass is 231 g/mol. The predicted molar refractivity (Wildman–Crippen MR) is 57.1 cm³/mol. The average Bonchev–Trinajstić information content (AvgIpc) is 2.21. The zero-order valence-corrected chi connectivity index (χ0v) is 9.49. The van der Waals surface area contributed by atoms with Crippen LogP contribution in [0.5, 0.6) is 5.88 Å². The Morgan fingerprint density at radius 2 is 2.33 bits per heavy atom. The Morgan fingerprint density at radius 1 is 1.60 bits per heavy atom. The summed E-state index contributed by atoms with van der Waals surface area (Å²) >= 11 is 5.79. The smallest absolute Gasteiger partial charge is 0.213 e. The third-order valence-electron chi connectivity index (χ3n) is 1.80. The van der Waals surface area contributed by atoms with E-state index in [2.05, 4.69) is 4.98 Å². The number of rotatable bonds is 5. The van der Waals surface area contributed by atoms with Gasteiger partial charge >= 0.3 is 0 Å². The summed E-state index contributed by atoms with van der Waals surface area (Å²) in [5.74, 6) is 0.438. The van der Waals surface area contributed by atoms with Gasteiger partial charge in [-0.2, -0.15) is 0 Å². The number of aromatic nitrogens is 1. The molecule has 4 nitrogen and oxygen atoms in total. The Morgan fingerprint density at radius 3 is 2.93 bits per heavy atom. The molecule has 1 atom stereocenters. The van der Waals surface area contributed by atoms with Crippen molar-refractivity contribution in [2.45, 2.75) is 19.6 Å². The van der Waals surface area contributed by atoms with E-state index in [-0.39, 0.29) is 12.7 Å². The summed E-state index contributed by atoms with van der Waals surface area (Å²) in [6.07, 6.45) is 1.37. The van der Waals surface area contributed by atoms with Gasteiger partial charge in [-0.05, 0) is 6.92 Å². The number of pyridine rings is 1. The van der Waals surface area contributed by atoms with Crippen LogP contribution < -0.4 is 4.74 Å². The van der Waals surface area contributed by atoms with Gasteiger partial charge < -0.3 is 14.6 Å². The molecule has 0 fully saturated rings. The maximum atomic E-state index is 8.99. The number of aliphatic hydroxyl groups is 1. The van der Waals surface area contributed by atoms with Gasteiger partial charge in [-0.15, -0.1) is 0 Å². The first-order chi connectivity index (χ1) is 7.17. The average molecular weight is 232 g/mol. The van der Waals surface area contributed by atoms with Gasteiger partial charge in [0.25, 0.3) is 0 Å². The topological polar surface area (TPSA) is 51.6 Å². The minimum atomic E-state index is -0.129. The molecule has 1 aromatic heterocycles. The highest BCUT2D eigenvalue weighted by Crippen LogP contribution is 2.19. The fourth-order valence-corrected chi connectivity index (χ4v) is 1.28. The molecule has 5 heteroatoms. The zero-order valence-electron chi connectivity index (χ0n) is 8.74. The zero-order chi connectivity index (χ0) is 11.3. The Labute approximate surface area is 93.8 Å². The van der Waals surface area contributed by atoms with Crippen LogP contribution in [0.25, 0.3) is 0 Å². The lowest BCUT2D eigenvalue weighted by Crippen LogP contribution is -2.18. The standard InChI is InChI=1S/C10H14ClNO3/c1-7(6-14-2)15-10-3-8(5-13)9(11)4-12-10/h3-4,7,13H,5-6H2,1-2H3. The highest BCUT2D eigenvalue weighted by molar-refractivity contribution is 6.31. The number of ether oxygens (including phenoxy) is 2. The van der Waals surface area contributed by atoms with Crippen molar-refractivity contribution < 1.29 is 14.6 Å². The van der Waals surface area contributed by atoms with E-state index in [4.69, 9.17) is 26.2 Å². The molecule has 0 saturated carbocycles. The number of aliphatic hydroxyl groups excluding tert-OH is 1. The molecule has 1 rings (SSSR count). The van der Waals surface area contributed by atoms with Crippen molar-refractivity contribution in [2.24, 2.45) is 0 Å². The summed E-state index contributed by atoms with van der Waals surface area (Å²) in [5.41, 5.74) is 0.603. The van der Waals surface area contributed by atoms with Crippen molar-refractivity contribution in [2.75, 3.05) is 13.7 Å². The molecule has 15 heavy (non-hydrogen) atoms. The summed E-state index contributed by atoms with van der Waals surface area (Å²) in [6, 6.07) is 1.62. The van der Waals surface area contributed by atoms with Gasteiger partial charge in [0.2, 0.25) is 5.88 Å². The summed E-state index contributed by atoms with van der Waals surface area (Å²) in [6.45, 7) is 2.23. The Balaban J connectivity index is 2.69. The van der Waals surface area contributed by atoms with Crippen molar-refractivity contribution in [3.8, 4) is 5.88 Å².